The Morgan fingerprint density at radius 2 is 2.09 bits per heavy atom. The minimum atomic E-state index is -1.28. The summed E-state index contributed by atoms with van der Waals surface area (Å²) < 4.78 is 0. The van der Waals surface area contributed by atoms with Gasteiger partial charge in [-0.2, -0.15) is 0 Å². The maximum Gasteiger partial charge on any atom is 0.326 e. The van der Waals surface area contributed by atoms with E-state index in [4.69, 9.17) is 10.2 Å². The van der Waals surface area contributed by atoms with Crippen LogP contribution < -0.4 is 16.6 Å². The second-order valence-corrected chi connectivity index (χ2v) is 1.71. The van der Waals surface area contributed by atoms with E-state index in [1.807, 2.05) is 10.9 Å². The highest BCUT2D eigenvalue weighted by Crippen LogP contribution is 1.77. The minimum Gasteiger partial charge on any atom is -0.480 e. The Morgan fingerprint density at radius 3 is 2.36 bits per heavy atom. The number of nitrogens with two attached hydrogens (primary N) is 1. The zero-order valence-corrected chi connectivity index (χ0v) is 5.57. The van der Waals surface area contributed by atoms with Crippen LogP contribution in [-0.4, -0.2) is 34.9 Å². The van der Waals surface area contributed by atoms with E-state index < -0.39 is 24.6 Å². The van der Waals surface area contributed by atoms with Gasteiger partial charge < -0.3 is 15.9 Å². The molecule has 11 heavy (non-hydrogen) atoms. The zero-order valence-electron chi connectivity index (χ0n) is 5.57. The van der Waals surface area contributed by atoms with Gasteiger partial charge in [-0.05, 0) is 0 Å². The fourth-order valence-electron chi connectivity index (χ4n) is 0.344. The van der Waals surface area contributed by atoms with E-state index >= 15 is 0 Å². The summed E-state index contributed by atoms with van der Waals surface area (Å²) in [6.07, 6.45) is 0. The molecular formula is C4H9N3O4. The Hall–Kier alpha value is -1.34. The van der Waals surface area contributed by atoms with Crippen molar-refractivity contribution in [2.45, 2.75) is 6.04 Å². The number of primary amides is 1. The van der Waals surface area contributed by atoms with Gasteiger partial charge in [0.05, 0.1) is 6.61 Å². The summed E-state index contributed by atoms with van der Waals surface area (Å²) in [6, 6.07) is -2.15. The number of carboxylic acid groups (broad SMARTS) is 1. The van der Waals surface area contributed by atoms with Gasteiger partial charge in [-0.1, -0.05) is 0 Å². The lowest BCUT2D eigenvalue weighted by atomic mass is 10.3. The quantitative estimate of drug-likeness (QED) is 0.295. The standard InChI is InChI=1S/C4H9N3O4/c5-4(11)7-6-2(1-8)3(9)10/h2,6,8H,1H2,(H,9,10)(H3,5,7,11)/t2-/m0/s1. The highest BCUT2D eigenvalue weighted by atomic mass is 16.4. The second-order valence-electron chi connectivity index (χ2n) is 1.71. The molecule has 7 nitrogen and oxygen atoms in total. The number of hydrogen-bond donors (Lipinski definition) is 5. The van der Waals surface area contributed by atoms with Crippen molar-refractivity contribution in [1.29, 1.82) is 0 Å². The monoisotopic (exact) mass is 163 g/mol. The first kappa shape index (κ1) is 9.66. The Labute approximate surface area is 62.2 Å². The summed E-state index contributed by atoms with van der Waals surface area (Å²) in [7, 11) is 0. The molecule has 0 aliphatic rings. The van der Waals surface area contributed by atoms with Crippen LogP contribution in [-0.2, 0) is 4.79 Å². The molecule has 0 aromatic rings. The van der Waals surface area contributed by atoms with Gasteiger partial charge in [0.25, 0.3) is 0 Å². The molecule has 0 unspecified atom stereocenters. The first-order valence-electron chi connectivity index (χ1n) is 2.72. The Kier molecular flexibility index (Phi) is 3.93. The molecule has 0 rings (SSSR count). The summed E-state index contributed by atoms with van der Waals surface area (Å²) in [5, 5.41) is 16.6. The number of hydrazine groups is 1. The highest BCUT2D eigenvalue weighted by Gasteiger charge is 2.14. The van der Waals surface area contributed by atoms with Crippen LogP contribution in [0.1, 0.15) is 0 Å². The number of carboxylic acids is 1. The number of aliphatic carboxylic acids is 1. The number of rotatable bonds is 4. The van der Waals surface area contributed by atoms with Crippen molar-refractivity contribution >= 4 is 12.0 Å². The number of urea groups is 1. The predicted octanol–water partition coefficient (Wildman–Crippen LogP) is -2.40. The average Bonchev–Trinajstić information content (AvgIpc) is 1.87. The number of nitrogens with one attached hydrogen (secondary N) is 2. The first-order chi connectivity index (χ1) is 5.07. The van der Waals surface area contributed by atoms with E-state index in [-0.39, 0.29) is 0 Å². The van der Waals surface area contributed by atoms with E-state index in [1.54, 1.807) is 0 Å². The predicted molar refractivity (Wildman–Crippen MR) is 34.4 cm³/mol. The maximum atomic E-state index is 10.1. The van der Waals surface area contributed by atoms with Gasteiger partial charge in [0, 0.05) is 0 Å². The number of carbonyl (C=O) groups excluding carboxylic acids is 1. The largest absolute Gasteiger partial charge is 0.480 e. The SMILES string of the molecule is NC(=O)NN[C@@H](CO)C(=O)O. The summed E-state index contributed by atoms with van der Waals surface area (Å²) in [6.45, 7) is -0.629. The van der Waals surface area contributed by atoms with E-state index in [2.05, 4.69) is 5.73 Å². The van der Waals surface area contributed by atoms with Crippen molar-refractivity contribution in [2.75, 3.05) is 6.61 Å². The highest BCUT2D eigenvalue weighted by molar-refractivity contribution is 5.75. The van der Waals surface area contributed by atoms with Crippen LogP contribution in [0.25, 0.3) is 0 Å². The molecule has 0 aromatic carbocycles. The first-order valence-corrected chi connectivity index (χ1v) is 2.72. The fourth-order valence-corrected chi connectivity index (χ4v) is 0.344. The van der Waals surface area contributed by atoms with Crippen molar-refractivity contribution in [2.24, 2.45) is 5.73 Å². The van der Waals surface area contributed by atoms with Crippen LogP contribution in [0.15, 0.2) is 0 Å². The van der Waals surface area contributed by atoms with Gasteiger partial charge in [0.1, 0.15) is 6.04 Å². The van der Waals surface area contributed by atoms with Gasteiger partial charge >= 0.3 is 12.0 Å². The molecule has 2 amide bonds. The van der Waals surface area contributed by atoms with Gasteiger partial charge in [-0.25, -0.2) is 10.2 Å². The van der Waals surface area contributed by atoms with Crippen molar-refractivity contribution in [3.63, 3.8) is 0 Å². The van der Waals surface area contributed by atoms with E-state index in [0.29, 0.717) is 0 Å². The number of carbonyl (C=O) groups is 2. The molecule has 0 aromatic heterocycles. The smallest absolute Gasteiger partial charge is 0.326 e. The summed E-state index contributed by atoms with van der Waals surface area (Å²) in [4.78, 5) is 20.1. The van der Waals surface area contributed by atoms with Crippen molar-refractivity contribution < 1.29 is 19.8 Å². The van der Waals surface area contributed by atoms with Crippen LogP contribution in [0.3, 0.4) is 0 Å². The molecule has 0 saturated carbocycles. The lowest BCUT2D eigenvalue weighted by molar-refractivity contribution is -0.140. The topological polar surface area (TPSA) is 125 Å². The maximum absolute atomic E-state index is 10.1. The van der Waals surface area contributed by atoms with Gasteiger partial charge in [0.15, 0.2) is 0 Å². The Bertz CT molecular complexity index is 159. The summed E-state index contributed by atoms with van der Waals surface area (Å²) in [5.41, 5.74) is 8.43. The fraction of sp³-hybridized carbons (Fsp3) is 0.500. The zero-order chi connectivity index (χ0) is 8.85. The molecule has 6 N–H and O–H groups in total. The van der Waals surface area contributed by atoms with Crippen molar-refractivity contribution in [3.05, 3.63) is 0 Å². The van der Waals surface area contributed by atoms with Crippen molar-refractivity contribution in [1.82, 2.24) is 10.9 Å². The van der Waals surface area contributed by atoms with Gasteiger partial charge in [-0.15, -0.1) is 0 Å². The number of aliphatic hydroxyl groups excluding tert-OH is 1. The normalized spacial score (nSPS) is 12.1. The van der Waals surface area contributed by atoms with Gasteiger partial charge in [0.2, 0.25) is 0 Å². The van der Waals surface area contributed by atoms with Crippen LogP contribution in [0.2, 0.25) is 0 Å². The van der Waals surface area contributed by atoms with E-state index in [0.717, 1.165) is 0 Å². The van der Waals surface area contributed by atoms with Crippen LogP contribution in [0.4, 0.5) is 4.79 Å². The molecule has 0 bridgehead atoms. The molecule has 0 saturated heterocycles. The second kappa shape index (κ2) is 4.47. The van der Waals surface area contributed by atoms with E-state index in [9.17, 15) is 9.59 Å². The Balaban J connectivity index is 3.70. The molecule has 0 fully saturated rings. The molecule has 0 aliphatic carbocycles. The minimum absolute atomic E-state index is 0.629. The number of aliphatic hydroxyl groups is 1. The average molecular weight is 163 g/mol. The molecule has 0 spiro atoms. The molecule has 0 aliphatic heterocycles. The van der Waals surface area contributed by atoms with Crippen LogP contribution >= 0.6 is 0 Å². The van der Waals surface area contributed by atoms with Crippen molar-refractivity contribution in [3.8, 4) is 0 Å². The summed E-state index contributed by atoms with van der Waals surface area (Å²) >= 11 is 0. The molecule has 64 valence electrons. The Morgan fingerprint density at radius 1 is 1.55 bits per heavy atom. The molecule has 7 heteroatoms. The van der Waals surface area contributed by atoms with Crippen LogP contribution in [0.5, 0.6) is 0 Å². The summed E-state index contributed by atoms with van der Waals surface area (Å²) in [5.74, 6) is -1.28. The van der Waals surface area contributed by atoms with E-state index in [1.165, 1.54) is 0 Å². The van der Waals surface area contributed by atoms with Crippen LogP contribution in [0, 0.1) is 0 Å². The third-order valence-electron chi connectivity index (χ3n) is 0.850. The van der Waals surface area contributed by atoms with Gasteiger partial charge in [-0.3, -0.25) is 10.2 Å². The third kappa shape index (κ3) is 4.12. The lowest BCUT2D eigenvalue weighted by Crippen LogP contribution is -2.51. The lowest BCUT2D eigenvalue weighted by Gasteiger charge is -2.10. The number of hydrogen-bond acceptors (Lipinski definition) is 4. The third-order valence-corrected chi connectivity index (χ3v) is 0.850. The molecule has 0 heterocycles. The molecular weight excluding hydrogens is 154 g/mol. The number of amides is 2. The molecule has 1 atom stereocenters. The molecule has 0 radical (unpaired) electrons.